The van der Waals surface area contributed by atoms with Crippen LogP contribution in [0.3, 0.4) is 0 Å². The summed E-state index contributed by atoms with van der Waals surface area (Å²) in [7, 11) is 0. The Morgan fingerprint density at radius 1 is 1.31 bits per heavy atom. The lowest BCUT2D eigenvalue weighted by molar-refractivity contribution is -0.158. The summed E-state index contributed by atoms with van der Waals surface area (Å²) in [5.74, 6) is -2.04. The molecule has 2 fully saturated rings. The summed E-state index contributed by atoms with van der Waals surface area (Å²) in [5.41, 5.74) is 1.30. The summed E-state index contributed by atoms with van der Waals surface area (Å²) >= 11 is 0. The molecule has 7 heteroatoms. The summed E-state index contributed by atoms with van der Waals surface area (Å²) in [6.45, 7) is 12.2. The molecule has 0 amide bonds. The molecule has 2 aliphatic carbocycles. The number of aliphatic hydroxyl groups is 1. The quantitative estimate of drug-likeness (QED) is 0.334. The molecule has 0 aromatic heterocycles. The maximum atomic E-state index is 12.6. The van der Waals surface area contributed by atoms with Crippen LogP contribution >= 0.6 is 0 Å². The molecule has 1 N–H and O–H groups in total. The van der Waals surface area contributed by atoms with Gasteiger partial charge in [-0.05, 0) is 38.3 Å². The van der Waals surface area contributed by atoms with Gasteiger partial charge in [-0.15, -0.1) is 0 Å². The maximum Gasteiger partial charge on any atom is 0.334 e. The van der Waals surface area contributed by atoms with Gasteiger partial charge in [-0.2, -0.15) is 0 Å². The first-order chi connectivity index (χ1) is 13.5. The molecular formula is C22H28O7. The van der Waals surface area contributed by atoms with Crippen molar-refractivity contribution in [1.29, 1.82) is 0 Å². The molecular weight excluding hydrogens is 376 g/mol. The number of ether oxygens (including phenoxy) is 3. The number of hydrogen-bond donors (Lipinski definition) is 1. The highest BCUT2D eigenvalue weighted by Gasteiger charge is 2.60. The van der Waals surface area contributed by atoms with Gasteiger partial charge in [-0.3, -0.25) is 4.79 Å². The second-order valence-corrected chi connectivity index (χ2v) is 8.36. The molecule has 0 aromatic carbocycles. The zero-order valence-corrected chi connectivity index (χ0v) is 17.5. The van der Waals surface area contributed by atoms with Crippen molar-refractivity contribution < 1.29 is 33.7 Å². The van der Waals surface area contributed by atoms with Crippen LogP contribution in [-0.4, -0.2) is 47.4 Å². The van der Waals surface area contributed by atoms with Crippen molar-refractivity contribution in [3.8, 4) is 0 Å². The lowest BCUT2D eigenvalue weighted by atomic mass is 9.57. The molecule has 1 saturated carbocycles. The highest BCUT2D eigenvalue weighted by molar-refractivity contribution is 5.92. The average molecular weight is 404 g/mol. The zero-order valence-electron chi connectivity index (χ0n) is 17.5. The Morgan fingerprint density at radius 2 is 1.97 bits per heavy atom. The third-order valence-electron chi connectivity index (χ3n) is 6.55. The largest absolute Gasteiger partial charge is 0.458 e. The molecule has 1 heterocycles. The van der Waals surface area contributed by atoms with Gasteiger partial charge in [-0.25, -0.2) is 9.59 Å². The first-order valence-electron chi connectivity index (χ1n) is 9.81. The molecule has 158 valence electrons. The van der Waals surface area contributed by atoms with Crippen molar-refractivity contribution in [2.24, 2.45) is 11.3 Å². The predicted molar refractivity (Wildman–Crippen MR) is 103 cm³/mol. The van der Waals surface area contributed by atoms with Gasteiger partial charge < -0.3 is 19.3 Å². The number of aliphatic hydroxyl groups excluding tert-OH is 1. The van der Waals surface area contributed by atoms with Crippen molar-refractivity contribution in [2.45, 2.75) is 71.9 Å². The van der Waals surface area contributed by atoms with E-state index in [1.54, 1.807) is 19.9 Å². The molecule has 0 aromatic rings. The van der Waals surface area contributed by atoms with E-state index in [9.17, 15) is 19.5 Å². The predicted octanol–water partition coefficient (Wildman–Crippen LogP) is 2.39. The lowest BCUT2D eigenvalue weighted by Crippen LogP contribution is -2.55. The first kappa shape index (κ1) is 21.3. The number of allylic oxidation sites excluding steroid dienone is 1. The molecule has 0 bridgehead atoms. The van der Waals surface area contributed by atoms with E-state index in [0.717, 1.165) is 5.57 Å². The Kier molecular flexibility index (Phi) is 5.47. The minimum Gasteiger partial charge on any atom is -0.458 e. The Hall–Kier alpha value is -2.41. The van der Waals surface area contributed by atoms with Crippen LogP contribution in [0.15, 0.2) is 34.9 Å². The van der Waals surface area contributed by atoms with Crippen molar-refractivity contribution >= 4 is 17.9 Å². The molecule has 3 aliphatic rings. The topological polar surface area (TPSA) is 99.1 Å². The van der Waals surface area contributed by atoms with Gasteiger partial charge >= 0.3 is 17.9 Å². The van der Waals surface area contributed by atoms with Crippen LogP contribution in [-0.2, 0) is 28.6 Å². The van der Waals surface area contributed by atoms with Gasteiger partial charge in [0.05, 0.1) is 12.0 Å². The standard InChI is InChI=1S/C22H28O7/c1-7-10(2)20(25)29-19-17-12(4)21(26)28-15(17)9-22(6)16(24)8-14(27-13(5)23)11(3)18(19)22/h7,14-17,19,24H,4,8-9H2,1-3,5-6H3/b10-7+/t14-,15+,16-,17-,19-,22+/m0/s1. The maximum absolute atomic E-state index is 12.6. The number of esters is 3. The third kappa shape index (κ3) is 3.41. The Labute approximate surface area is 170 Å². The van der Waals surface area contributed by atoms with E-state index in [4.69, 9.17) is 14.2 Å². The smallest absolute Gasteiger partial charge is 0.334 e. The molecule has 1 aliphatic heterocycles. The van der Waals surface area contributed by atoms with E-state index >= 15 is 0 Å². The molecule has 6 atom stereocenters. The van der Waals surface area contributed by atoms with Crippen LogP contribution < -0.4 is 0 Å². The summed E-state index contributed by atoms with van der Waals surface area (Å²) in [6, 6.07) is 0. The van der Waals surface area contributed by atoms with E-state index in [1.807, 2.05) is 13.8 Å². The molecule has 7 nitrogen and oxygen atoms in total. The number of carbonyl (C=O) groups is 3. The molecule has 3 rings (SSSR count). The van der Waals surface area contributed by atoms with Crippen LogP contribution in [0, 0.1) is 11.3 Å². The van der Waals surface area contributed by atoms with Gasteiger partial charge in [0.15, 0.2) is 0 Å². The molecule has 0 unspecified atom stereocenters. The monoisotopic (exact) mass is 404 g/mol. The Balaban J connectivity index is 2.14. The Bertz CT molecular complexity index is 836. The van der Waals surface area contributed by atoms with Crippen LogP contribution in [0.25, 0.3) is 0 Å². The molecule has 0 spiro atoms. The van der Waals surface area contributed by atoms with E-state index in [2.05, 4.69) is 6.58 Å². The SMILES string of the molecule is C=C1C(=O)O[C@@H]2C[C@@]3(C)C(=C(C)[C@@H](OC(C)=O)C[C@@H]3O)[C@@H](OC(=O)/C(C)=C/C)[C@@H]12. The minimum atomic E-state index is -0.858. The molecule has 0 radical (unpaired) electrons. The zero-order chi connectivity index (χ0) is 21.7. The fraction of sp³-hybridized carbons (Fsp3) is 0.591. The van der Waals surface area contributed by atoms with Crippen LogP contribution in [0.1, 0.15) is 47.5 Å². The summed E-state index contributed by atoms with van der Waals surface area (Å²) < 4.78 is 16.8. The average Bonchev–Trinajstić information content (AvgIpc) is 2.91. The molecule has 29 heavy (non-hydrogen) atoms. The number of fused-ring (bicyclic) bond motifs is 2. The normalized spacial score (nSPS) is 36.9. The number of carbonyl (C=O) groups excluding carboxylic acids is 3. The first-order valence-corrected chi connectivity index (χ1v) is 9.81. The highest BCUT2D eigenvalue weighted by Crippen LogP contribution is 2.56. The van der Waals surface area contributed by atoms with Crippen molar-refractivity contribution in [3.63, 3.8) is 0 Å². The van der Waals surface area contributed by atoms with Gasteiger partial charge in [-0.1, -0.05) is 19.6 Å². The number of hydrogen-bond acceptors (Lipinski definition) is 7. The van der Waals surface area contributed by atoms with Crippen LogP contribution in [0.4, 0.5) is 0 Å². The summed E-state index contributed by atoms with van der Waals surface area (Å²) in [6.07, 6.45) is -0.619. The van der Waals surface area contributed by atoms with Gasteiger partial charge in [0, 0.05) is 29.9 Å². The van der Waals surface area contributed by atoms with Crippen LogP contribution in [0.5, 0.6) is 0 Å². The fourth-order valence-electron chi connectivity index (χ4n) is 4.82. The highest BCUT2D eigenvalue weighted by atomic mass is 16.6. The minimum absolute atomic E-state index is 0.228. The lowest BCUT2D eigenvalue weighted by Gasteiger charge is -2.52. The van der Waals surface area contributed by atoms with Gasteiger partial charge in [0.1, 0.15) is 18.3 Å². The second-order valence-electron chi connectivity index (χ2n) is 8.36. The third-order valence-corrected chi connectivity index (χ3v) is 6.55. The van der Waals surface area contributed by atoms with E-state index in [-0.39, 0.29) is 12.0 Å². The van der Waals surface area contributed by atoms with Crippen molar-refractivity contribution in [3.05, 3.63) is 34.9 Å². The van der Waals surface area contributed by atoms with E-state index in [0.29, 0.717) is 17.6 Å². The molecule has 1 saturated heterocycles. The van der Waals surface area contributed by atoms with Crippen LogP contribution in [0.2, 0.25) is 0 Å². The number of rotatable bonds is 3. The fourth-order valence-corrected chi connectivity index (χ4v) is 4.82. The van der Waals surface area contributed by atoms with E-state index < -0.39 is 53.7 Å². The van der Waals surface area contributed by atoms with Gasteiger partial charge in [0.2, 0.25) is 0 Å². The summed E-state index contributed by atoms with van der Waals surface area (Å²) in [5, 5.41) is 11.0. The summed E-state index contributed by atoms with van der Waals surface area (Å²) in [4.78, 5) is 36.4. The van der Waals surface area contributed by atoms with Gasteiger partial charge in [0.25, 0.3) is 0 Å². The second kappa shape index (κ2) is 7.44. The van der Waals surface area contributed by atoms with E-state index in [1.165, 1.54) is 6.92 Å². The van der Waals surface area contributed by atoms with Crippen molar-refractivity contribution in [2.75, 3.05) is 0 Å². The Morgan fingerprint density at radius 3 is 2.55 bits per heavy atom. The van der Waals surface area contributed by atoms with Crippen molar-refractivity contribution in [1.82, 2.24) is 0 Å².